The zero-order chi connectivity index (χ0) is 16.6. The summed E-state index contributed by atoms with van der Waals surface area (Å²) in [7, 11) is 1.84. The molecule has 23 heavy (non-hydrogen) atoms. The molecule has 2 aromatic rings. The van der Waals surface area contributed by atoms with E-state index >= 15 is 0 Å². The van der Waals surface area contributed by atoms with Crippen LogP contribution in [0.2, 0.25) is 5.02 Å². The van der Waals surface area contributed by atoms with Gasteiger partial charge in [-0.3, -0.25) is 9.69 Å². The summed E-state index contributed by atoms with van der Waals surface area (Å²) in [6, 6.07) is 4.02. The molecule has 2 heterocycles. The van der Waals surface area contributed by atoms with Crippen LogP contribution in [0.1, 0.15) is 18.1 Å². The van der Waals surface area contributed by atoms with E-state index in [0.29, 0.717) is 36.9 Å². The lowest BCUT2D eigenvalue weighted by atomic mass is 10.2. The molecular formula is C15H16ClFN4O2. The van der Waals surface area contributed by atoms with Crippen LogP contribution >= 0.6 is 11.6 Å². The average Bonchev–Trinajstić information content (AvgIpc) is 3.08. The van der Waals surface area contributed by atoms with E-state index in [4.69, 9.17) is 16.1 Å². The predicted octanol–water partition coefficient (Wildman–Crippen LogP) is 2.41. The maximum absolute atomic E-state index is 13.3. The number of benzene rings is 1. The van der Waals surface area contributed by atoms with Gasteiger partial charge in [0.2, 0.25) is 11.8 Å². The van der Waals surface area contributed by atoms with Gasteiger partial charge in [-0.25, -0.2) is 4.39 Å². The van der Waals surface area contributed by atoms with Gasteiger partial charge in [-0.1, -0.05) is 16.8 Å². The molecule has 8 heteroatoms. The van der Waals surface area contributed by atoms with Crippen LogP contribution in [0.3, 0.4) is 0 Å². The number of aromatic nitrogens is 2. The molecule has 0 aliphatic carbocycles. The second-order valence-electron chi connectivity index (χ2n) is 5.54. The Labute approximate surface area is 137 Å². The van der Waals surface area contributed by atoms with E-state index in [1.54, 1.807) is 17.9 Å². The largest absolute Gasteiger partial charge is 0.340 e. The van der Waals surface area contributed by atoms with E-state index in [2.05, 4.69) is 10.1 Å². The molecular weight excluding hydrogens is 323 g/mol. The van der Waals surface area contributed by atoms with Crippen molar-refractivity contribution in [1.29, 1.82) is 0 Å². The molecule has 1 atom stereocenters. The maximum Gasteiger partial charge on any atom is 0.244 e. The summed E-state index contributed by atoms with van der Waals surface area (Å²) in [5.41, 5.74) is 0.604. The van der Waals surface area contributed by atoms with Gasteiger partial charge in [0.25, 0.3) is 0 Å². The van der Waals surface area contributed by atoms with E-state index in [9.17, 15) is 9.18 Å². The Morgan fingerprint density at radius 3 is 2.96 bits per heavy atom. The Kier molecular flexibility index (Phi) is 4.32. The zero-order valence-corrected chi connectivity index (χ0v) is 13.5. The summed E-state index contributed by atoms with van der Waals surface area (Å²) in [5, 5.41) is 3.85. The van der Waals surface area contributed by atoms with Crippen LogP contribution in [0.4, 0.5) is 10.1 Å². The third-order valence-electron chi connectivity index (χ3n) is 3.88. The second kappa shape index (κ2) is 6.25. The van der Waals surface area contributed by atoms with Crippen molar-refractivity contribution >= 4 is 23.2 Å². The molecule has 1 aliphatic rings. The molecule has 0 radical (unpaired) electrons. The molecule has 1 amide bonds. The Morgan fingerprint density at radius 2 is 2.30 bits per heavy atom. The fraction of sp³-hybridized carbons (Fsp3) is 0.400. The van der Waals surface area contributed by atoms with Crippen molar-refractivity contribution in [3.63, 3.8) is 0 Å². The van der Waals surface area contributed by atoms with Crippen LogP contribution in [-0.4, -0.2) is 40.6 Å². The van der Waals surface area contributed by atoms with E-state index in [1.165, 1.54) is 12.1 Å². The number of amides is 1. The molecule has 0 saturated carbocycles. The molecule has 0 bridgehead atoms. The van der Waals surface area contributed by atoms with Gasteiger partial charge in [0, 0.05) is 19.2 Å². The Morgan fingerprint density at radius 1 is 1.52 bits per heavy atom. The lowest BCUT2D eigenvalue weighted by molar-refractivity contribution is -0.121. The number of anilines is 1. The second-order valence-corrected chi connectivity index (χ2v) is 5.94. The van der Waals surface area contributed by atoms with Crippen LogP contribution in [0.15, 0.2) is 22.7 Å². The number of aryl methyl sites for hydroxylation is 1. The first-order chi connectivity index (χ1) is 11.0. The highest BCUT2D eigenvalue weighted by Crippen LogP contribution is 2.28. The van der Waals surface area contributed by atoms with Crippen molar-refractivity contribution in [2.75, 3.05) is 18.5 Å². The van der Waals surface area contributed by atoms with Crippen molar-refractivity contribution < 1.29 is 13.7 Å². The summed E-state index contributed by atoms with van der Waals surface area (Å²) in [4.78, 5) is 20.3. The van der Waals surface area contributed by atoms with Crippen molar-refractivity contribution in [2.45, 2.75) is 25.9 Å². The van der Waals surface area contributed by atoms with E-state index in [0.717, 1.165) is 0 Å². The lowest BCUT2D eigenvalue weighted by Gasteiger charge is -2.22. The molecule has 3 rings (SSSR count). The Hall–Kier alpha value is -1.99. The molecule has 0 N–H and O–H groups in total. The molecule has 1 saturated heterocycles. The summed E-state index contributed by atoms with van der Waals surface area (Å²) in [6.45, 7) is 2.70. The number of hydrogen-bond acceptors (Lipinski definition) is 5. The van der Waals surface area contributed by atoms with Gasteiger partial charge in [0.05, 0.1) is 17.6 Å². The first-order valence-electron chi connectivity index (χ1n) is 7.21. The SMILES string of the molecule is Cc1nc(CN(C)C2CCN(c3ccc(F)c(Cl)c3)C2=O)no1. The van der Waals surface area contributed by atoms with Crippen LogP contribution in [-0.2, 0) is 11.3 Å². The van der Waals surface area contributed by atoms with Gasteiger partial charge in [0.15, 0.2) is 5.82 Å². The number of carbonyl (C=O) groups excluding carboxylic acids is 1. The molecule has 1 fully saturated rings. The highest BCUT2D eigenvalue weighted by Gasteiger charge is 2.35. The highest BCUT2D eigenvalue weighted by atomic mass is 35.5. The van der Waals surface area contributed by atoms with Crippen LogP contribution < -0.4 is 4.90 Å². The minimum absolute atomic E-state index is 0.00868. The van der Waals surface area contributed by atoms with Gasteiger partial charge in [-0.15, -0.1) is 0 Å². The molecule has 1 aliphatic heterocycles. The van der Waals surface area contributed by atoms with Gasteiger partial charge >= 0.3 is 0 Å². The van der Waals surface area contributed by atoms with Gasteiger partial charge in [-0.05, 0) is 31.7 Å². The fourth-order valence-corrected chi connectivity index (χ4v) is 2.90. The lowest BCUT2D eigenvalue weighted by Crippen LogP contribution is -2.39. The van der Waals surface area contributed by atoms with Crippen LogP contribution in [0.5, 0.6) is 0 Å². The topological polar surface area (TPSA) is 62.5 Å². The number of halogens is 2. The molecule has 1 aromatic carbocycles. The Bertz CT molecular complexity index is 736. The van der Waals surface area contributed by atoms with E-state index in [-0.39, 0.29) is 17.0 Å². The first kappa shape index (κ1) is 15.9. The minimum atomic E-state index is -0.497. The summed E-state index contributed by atoms with van der Waals surface area (Å²) < 4.78 is 18.2. The Balaban J connectivity index is 1.71. The molecule has 1 aromatic heterocycles. The van der Waals surface area contributed by atoms with Gasteiger partial charge < -0.3 is 9.42 Å². The average molecular weight is 339 g/mol. The van der Waals surface area contributed by atoms with Crippen molar-refractivity contribution in [2.24, 2.45) is 0 Å². The molecule has 6 nitrogen and oxygen atoms in total. The number of hydrogen-bond donors (Lipinski definition) is 0. The minimum Gasteiger partial charge on any atom is -0.340 e. The number of rotatable bonds is 4. The van der Waals surface area contributed by atoms with Crippen LogP contribution in [0, 0.1) is 12.7 Å². The fourth-order valence-electron chi connectivity index (χ4n) is 2.72. The van der Waals surface area contributed by atoms with E-state index < -0.39 is 5.82 Å². The van der Waals surface area contributed by atoms with Crippen molar-refractivity contribution in [3.8, 4) is 0 Å². The smallest absolute Gasteiger partial charge is 0.244 e. The quantitative estimate of drug-likeness (QED) is 0.856. The van der Waals surface area contributed by atoms with Gasteiger partial charge in [-0.2, -0.15) is 4.98 Å². The first-order valence-corrected chi connectivity index (χ1v) is 7.59. The molecule has 0 spiro atoms. The van der Waals surface area contributed by atoms with Crippen molar-refractivity contribution in [1.82, 2.24) is 15.0 Å². The number of likely N-dealkylation sites (N-methyl/N-ethyl adjacent to an activating group) is 1. The summed E-state index contributed by atoms with van der Waals surface area (Å²) in [5.74, 6) is 0.494. The maximum atomic E-state index is 13.3. The number of nitrogens with zero attached hydrogens (tertiary/aromatic N) is 4. The normalized spacial score (nSPS) is 18.2. The standard InChI is InChI=1S/C15H16ClFN4O2/c1-9-18-14(19-23-9)8-20(2)13-5-6-21(15(13)22)10-3-4-12(17)11(16)7-10/h3-4,7,13H,5-6,8H2,1-2H3. The van der Waals surface area contributed by atoms with E-state index in [1.807, 2.05) is 11.9 Å². The summed E-state index contributed by atoms with van der Waals surface area (Å²) >= 11 is 5.80. The van der Waals surface area contributed by atoms with Crippen molar-refractivity contribution in [3.05, 3.63) is 40.8 Å². The molecule has 122 valence electrons. The predicted molar refractivity (Wildman–Crippen MR) is 82.7 cm³/mol. The zero-order valence-electron chi connectivity index (χ0n) is 12.8. The molecule has 1 unspecified atom stereocenters. The third kappa shape index (κ3) is 3.20. The number of carbonyl (C=O) groups is 1. The monoisotopic (exact) mass is 338 g/mol. The third-order valence-corrected chi connectivity index (χ3v) is 4.17. The summed E-state index contributed by atoms with van der Waals surface area (Å²) in [6.07, 6.45) is 0.668. The van der Waals surface area contributed by atoms with Crippen LogP contribution in [0.25, 0.3) is 0 Å². The highest BCUT2D eigenvalue weighted by molar-refractivity contribution is 6.31. The van der Waals surface area contributed by atoms with Gasteiger partial charge in [0.1, 0.15) is 5.82 Å².